The summed E-state index contributed by atoms with van der Waals surface area (Å²) < 4.78 is 24.7. The molecule has 0 amide bonds. The Labute approximate surface area is 90.4 Å². The fourth-order valence-corrected chi connectivity index (χ4v) is 1.73. The van der Waals surface area contributed by atoms with Gasteiger partial charge in [0.2, 0.25) is 6.08 Å². The summed E-state index contributed by atoms with van der Waals surface area (Å²) in [4.78, 5) is 13.8. The zero-order valence-electron chi connectivity index (χ0n) is 8.28. The van der Waals surface area contributed by atoms with Gasteiger partial charge in [-0.15, -0.1) is 0 Å². The van der Waals surface area contributed by atoms with Gasteiger partial charge in [-0.3, -0.25) is 0 Å². The summed E-state index contributed by atoms with van der Waals surface area (Å²) in [5, 5.41) is 9.62. The maximum atomic E-state index is 12.3. The lowest BCUT2D eigenvalue weighted by Crippen LogP contribution is -2.03. The van der Waals surface area contributed by atoms with E-state index in [2.05, 4.69) is 4.99 Å². The molecule has 0 atom stereocenters. The van der Waals surface area contributed by atoms with Crippen LogP contribution < -0.4 is 0 Å². The van der Waals surface area contributed by atoms with E-state index in [0.29, 0.717) is 18.4 Å². The third-order valence-corrected chi connectivity index (χ3v) is 2.76. The second kappa shape index (κ2) is 3.68. The molecule has 0 spiro atoms. The number of alkyl halides is 2. The molecule has 0 radical (unpaired) electrons. The second-order valence-corrected chi connectivity index (χ2v) is 3.81. The quantitative estimate of drug-likeness (QED) is 0.635. The van der Waals surface area contributed by atoms with Crippen molar-refractivity contribution in [2.75, 3.05) is 0 Å². The molecule has 0 heterocycles. The first-order valence-electron chi connectivity index (χ1n) is 4.80. The maximum absolute atomic E-state index is 12.3. The minimum absolute atomic E-state index is 0.241. The van der Waals surface area contributed by atoms with Crippen LogP contribution in [0, 0.1) is 0 Å². The van der Waals surface area contributed by atoms with Crippen molar-refractivity contribution in [3.63, 3.8) is 0 Å². The number of halogens is 2. The van der Waals surface area contributed by atoms with Crippen LogP contribution >= 0.6 is 0 Å². The Morgan fingerprint density at radius 2 is 2.12 bits per heavy atom. The Hall–Kier alpha value is -1.74. The van der Waals surface area contributed by atoms with Crippen molar-refractivity contribution in [3.8, 4) is 5.75 Å². The van der Waals surface area contributed by atoms with Gasteiger partial charge in [-0.1, -0.05) is 12.1 Å². The number of rotatable bonds is 3. The highest BCUT2D eigenvalue weighted by molar-refractivity contribution is 5.48. The van der Waals surface area contributed by atoms with Crippen molar-refractivity contribution in [2.24, 2.45) is 4.99 Å². The van der Waals surface area contributed by atoms with Gasteiger partial charge in [0.05, 0.1) is 0 Å². The van der Waals surface area contributed by atoms with E-state index in [0.717, 1.165) is 6.07 Å². The molecule has 16 heavy (non-hydrogen) atoms. The molecule has 0 bridgehead atoms. The number of phenolic OH excluding ortho intramolecular Hbond substituents is 1. The summed E-state index contributed by atoms with van der Waals surface area (Å²) >= 11 is 0. The van der Waals surface area contributed by atoms with Crippen LogP contribution in [0.25, 0.3) is 0 Å². The molecule has 1 saturated carbocycles. The van der Waals surface area contributed by atoms with Gasteiger partial charge in [0.15, 0.2) is 0 Å². The predicted molar refractivity (Wildman–Crippen MR) is 52.1 cm³/mol. The van der Waals surface area contributed by atoms with Gasteiger partial charge < -0.3 is 5.11 Å². The number of hydrogen-bond donors (Lipinski definition) is 1. The molecule has 2 rings (SSSR count). The van der Waals surface area contributed by atoms with E-state index >= 15 is 0 Å². The van der Waals surface area contributed by atoms with E-state index in [4.69, 9.17) is 0 Å². The molecular weight excluding hydrogens is 216 g/mol. The van der Waals surface area contributed by atoms with Crippen LogP contribution in [0.15, 0.2) is 23.2 Å². The number of isocyanates is 1. The molecule has 0 aliphatic heterocycles. The number of hydrogen-bond acceptors (Lipinski definition) is 3. The highest BCUT2D eigenvalue weighted by atomic mass is 19.3. The van der Waals surface area contributed by atoms with E-state index in [1.807, 2.05) is 0 Å². The van der Waals surface area contributed by atoms with Gasteiger partial charge in [0.25, 0.3) is 6.43 Å². The van der Waals surface area contributed by atoms with Gasteiger partial charge in [0.1, 0.15) is 11.3 Å². The maximum Gasteiger partial charge on any atom is 0.263 e. The Morgan fingerprint density at radius 3 is 2.56 bits per heavy atom. The molecule has 0 aromatic heterocycles. The first kappa shape index (κ1) is 10.8. The van der Waals surface area contributed by atoms with E-state index in [-0.39, 0.29) is 11.3 Å². The average Bonchev–Trinajstić information content (AvgIpc) is 2.99. The van der Waals surface area contributed by atoms with Crippen LogP contribution in [0.4, 0.5) is 8.78 Å². The molecule has 84 valence electrons. The Bertz CT molecular complexity index is 463. The topological polar surface area (TPSA) is 49.7 Å². The van der Waals surface area contributed by atoms with Crippen LogP contribution in [0.3, 0.4) is 0 Å². The van der Waals surface area contributed by atoms with Crippen LogP contribution in [-0.4, -0.2) is 11.2 Å². The number of phenols is 1. The van der Waals surface area contributed by atoms with E-state index < -0.39 is 12.0 Å². The van der Waals surface area contributed by atoms with Crippen LogP contribution in [0.5, 0.6) is 5.75 Å². The van der Waals surface area contributed by atoms with Crippen LogP contribution in [-0.2, 0) is 10.3 Å². The monoisotopic (exact) mass is 225 g/mol. The zero-order valence-corrected chi connectivity index (χ0v) is 8.28. The average molecular weight is 225 g/mol. The van der Waals surface area contributed by atoms with Crippen molar-refractivity contribution >= 4 is 6.08 Å². The summed E-state index contributed by atoms with van der Waals surface area (Å²) in [7, 11) is 0. The number of nitrogens with zero attached hydrogens (tertiary/aromatic N) is 1. The first-order chi connectivity index (χ1) is 7.59. The Kier molecular flexibility index (Phi) is 2.48. The van der Waals surface area contributed by atoms with E-state index in [9.17, 15) is 18.7 Å². The lowest BCUT2D eigenvalue weighted by Gasteiger charge is -2.11. The van der Waals surface area contributed by atoms with Gasteiger partial charge >= 0.3 is 0 Å². The molecule has 0 saturated heterocycles. The predicted octanol–water partition coefficient (Wildman–Crippen LogP) is 2.65. The molecule has 5 heteroatoms. The van der Waals surface area contributed by atoms with E-state index in [1.54, 1.807) is 0 Å². The summed E-state index contributed by atoms with van der Waals surface area (Å²) in [6.07, 6.45) is 0.0862. The SMILES string of the molecule is O=C=NC1(c2ccc(C(F)F)cc2O)CC1. The molecule has 1 aliphatic rings. The smallest absolute Gasteiger partial charge is 0.263 e. The zero-order chi connectivity index (χ0) is 11.8. The number of aromatic hydroxyl groups is 1. The lowest BCUT2D eigenvalue weighted by molar-refractivity contribution is 0.151. The van der Waals surface area contributed by atoms with Crippen molar-refractivity contribution < 1.29 is 18.7 Å². The fraction of sp³-hybridized carbons (Fsp3) is 0.364. The standard InChI is InChI=1S/C11H9F2NO2/c12-10(13)7-1-2-8(9(16)5-7)11(3-4-11)14-6-15/h1-2,5,10,16H,3-4H2. The van der Waals surface area contributed by atoms with Gasteiger partial charge in [-0.25, -0.2) is 13.6 Å². The van der Waals surface area contributed by atoms with Crippen LogP contribution in [0.1, 0.15) is 30.4 Å². The van der Waals surface area contributed by atoms with Crippen molar-refractivity contribution in [3.05, 3.63) is 29.3 Å². The van der Waals surface area contributed by atoms with E-state index in [1.165, 1.54) is 18.2 Å². The highest BCUT2D eigenvalue weighted by Crippen LogP contribution is 2.52. The molecule has 1 N–H and O–H groups in total. The van der Waals surface area contributed by atoms with Gasteiger partial charge in [0, 0.05) is 11.1 Å². The minimum Gasteiger partial charge on any atom is -0.508 e. The number of carbonyl (C=O) groups excluding carboxylic acids is 1. The first-order valence-corrected chi connectivity index (χ1v) is 4.80. The molecule has 1 aliphatic carbocycles. The third kappa shape index (κ3) is 1.70. The lowest BCUT2D eigenvalue weighted by atomic mass is 10.0. The Morgan fingerprint density at radius 1 is 1.44 bits per heavy atom. The summed E-state index contributed by atoms with van der Waals surface area (Å²) in [5.74, 6) is -0.241. The van der Waals surface area contributed by atoms with Crippen molar-refractivity contribution in [1.29, 1.82) is 0 Å². The third-order valence-electron chi connectivity index (χ3n) is 2.76. The largest absolute Gasteiger partial charge is 0.508 e. The summed E-state index contributed by atoms with van der Waals surface area (Å²) in [6, 6.07) is 3.64. The van der Waals surface area contributed by atoms with Crippen LogP contribution in [0.2, 0.25) is 0 Å². The molecule has 1 fully saturated rings. The molecule has 3 nitrogen and oxygen atoms in total. The van der Waals surface area contributed by atoms with Crippen molar-refractivity contribution in [2.45, 2.75) is 24.8 Å². The number of aliphatic imine (C=N–C) groups is 1. The van der Waals surface area contributed by atoms with Gasteiger partial charge in [-0.2, -0.15) is 4.99 Å². The molecule has 0 unspecified atom stereocenters. The minimum atomic E-state index is -2.62. The van der Waals surface area contributed by atoms with Gasteiger partial charge in [-0.05, 0) is 18.9 Å². The molecule has 1 aromatic carbocycles. The summed E-state index contributed by atoms with van der Waals surface area (Å²) in [5.41, 5.74) is -0.556. The molecular formula is C11H9F2NO2. The Balaban J connectivity index is 2.40. The normalized spacial score (nSPS) is 16.9. The fourth-order valence-electron chi connectivity index (χ4n) is 1.73. The molecule has 1 aromatic rings. The highest BCUT2D eigenvalue weighted by Gasteiger charge is 2.46. The van der Waals surface area contributed by atoms with Crippen molar-refractivity contribution in [1.82, 2.24) is 0 Å². The number of benzene rings is 1. The summed E-state index contributed by atoms with van der Waals surface area (Å²) in [6.45, 7) is 0. The second-order valence-electron chi connectivity index (χ2n) is 3.81.